The Morgan fingerprint density at radius 3 is 2.76 bits per heavy atom. The first-order valence-electron chi connectivity index (χ1n) is 6.48. The Hall–Kier alpha value is -1.25. The zero-order valence-electron chi connectivity index (χ0n) is 11.7. The topological polar surface area (TPSA) is 69.6 Å². The molecule has 0 atom stereocenters. The molecule has 2 heterocycles. The van der Waals surface area contributed by atoms with Crippen molar-refractivity contribution in [2.75, 3.05) is 5.84 Å². The van der Waals surface area contributed by atoms with Gasteiger partial charge in [-0.25, -0.2) is 9.66 Å². The van der Waals surface area contributed by atoms with Gasteiger partial charge in [0.05, 0.1) is 16.0 Å². The Balaban J connectivity index is 1.71. The number of rotatable bonds is 5. The molecule has 21 heavy (non-hydrogen) atoms. The number of thioether (sulfide) groups is 2. The van der Waals surface area contributed by atoms with E-state index in [1.54, 1.807) is 39.5 Å². The summed E-state index contributed by atoms with van der Waals surface area (Å²) >= 11 is 4.88. The molecular weight excluding hydrogens is 322 g/mol. The minimum absolute atomic E-state index is 0.429. The van der Waals surface area contributed by atoms with Crippen molar-refractivity contribution >= 4 is 45.1 Å². The average molecular weight is 337 g/mol. The number of nitrogens with zero attached hydrogens (tertiary/aromatic N) is 4. The highest BCUT2D eigenvalue weighted by molar-refractivity contribution is 8.00. The van der Waals surface area contributed by atoms with Gasteiger partial charge in [-0.15, -0.1) is 21.5 Å². The van der Waals surface area contributed by atoms with Crippen LogP contribution in [0.3, 0.4) is 0 Å². The molecule has 1 aromatic carbocycles. The highest BCUT2D eigenvalue weighted by atomic mass is 32.2. The van der Waals surface area contributed by atoms with E-state index in [1.165, 1.54) is 4.70 Å². The molecule has 0 saturated carbocycles. The van der Waals surface area contributed by atoms with Crippen molar-refractivity contribution in [2.45, 2.75) is 35.2 Å². The third kappa shape index (κ3) is 3.33. The van der Waals surface area contributed by atoms with Gasteiger partial charge in [0.25, 0.3) is 0 Å². The molecule has 0 saturated heterocycles. The molecule has 0 bridgehead atoms. The van der Waals surface area contributed by atoms with Crippen molar-refractivity contribution in [2.24, 2.45) is 0 Å². The molecule has 3 rings (SSSR count). The summed E-state index contributed by atoms with van der Waals surface area (Å²) in [7, 11) is 0. The maximum Gasteiger partial charge on any atom is 0.210 e. The van der Waals surface area contributed by atoms with E-state index in [-0.39, 0.29) is 0 Å². The molecule has 2 N–H and O–H groups in total. The molecule has 110 valence electrons. The third-order valence-corrected chi connectivity index (χ3v) is 5.77. The number of hydrogen-bond acceptors (Lipinski definition) is 7. The van der Waals surface area contributed by atoms with Crippen LogP contribution in [0.5, 0.6) is 0 Å². The summed E-state index contributed by atoms with van der Waals surface area (Å²) in [6.45, 7) is 4.21. The summed E-state index contributed by atoms with van der Waals surface area (Å²) in [4.78, 5) is 4.61. The lowest BCUT2D eigenvalue weighted by Crippen LogP contribution is -2.11. The molecule has 0 aliphatic carbocycles. The van der Waals surface area contributed by atoms with E-state index < -0.39 is 0 Å². The van der Waals surface area contributed by atoms with Crippen molar-refractivity contribution in [3.63, 3.8) is 0 Å². The van der Waals surface area contributed by atoms with Crippen LogP contribution in [0.2, 0.25) is 0 Å². The van der Waals surface area contributed by atoms with E-state index in [2.05, 4.69) is 35.1 Å². The summed E-state index contributed by atoms with van der Waals surface area (Å²) in [5, 5.41) is 11.2. The van der Waals surface area contributed by atoms with Gasteiger partial charge in [0.1, 0.15) is 5.01 Å². The number of fused-ring (bicyclic) bond motifs is 1. The van der Waals surface area contributed by atoms with Gasteiger partial charge in [-0.05, 0) is 12.1 Å². The normalized spacial score (nSPS) is 11.6. The third-order valence-electron chi connectivity index (χ3n) is 2.64. The second kappa shape index (κ2) is 6.25. The second-order valence-corrected chi connectivity index (χ2v) is 8.27. The molecular formula is C13H15N5S3. The monoisotopic (exact) mass is 337 g/mol. The van der Waals surface area contributed by atoms with E-state index in [9.17, 15) is 0 Å². The Bertz CT molecular complexity index is 716. The molecule has 5 nitrogen and oxygen atoms in total. The molecule has 0 fully saturated rings. The molecule has 0 radical (unpaired) electrons. The van der Waals surface area contributed by atoms with Gasteiger partial charge in [0.15, 0.2) is 0 Å². The van der Waals surface area contributed by atoms with Gasteiger partial charge >= 0.3 is 0 Å². The van der Waals surface area contributed by atoms with Gasteiger partial charge in [0.2, 0.25) is 10.3 Å². The van der Waals surface area contributed by atoms with Crippen molar-refractivity contribution in [1.29, 1.82) is 0 Å². The van der Waals surface area contributed by atoms with Crippen molar-refractivity contribution in [3.8, 4) is 0 Å². The van der Waals surface area contributed by atoms with Crippen LogP contribution < -0.4 is 5.84 Å². The van der Waals surface area contributed by atoms with Gasteiger partial charge in [0, 0.05) is 5.25 Å². The van der Waals surface area contributed by atoms with Crippen LogP contribution in [0.15, 0.2) is 34.6 Å². The smallest absolute Gasteiger partial charge is 0.210 e. The van der Waals surface area contributed by atoms with Crippen LogP contribution in [0.4, 0.5) is 0 Å². The fraction of sp³-hybridized carbons (Fsp3) is 0.308. The maximum atomic E-state index is 6.02. The minimum Gasteiger partial charge on any atom is -0.335 e. The Labute approximate surface area is 135 Å². The van der Waals surface area contributed by atoms with Crippen LogP contribution >= 0.6 is 34.9 Å². The van der Waals surface area contributed by atoms with Crippen LogP contribution in [0.1, 0.15) is 18.9 Å². The zero-order chi connectivity index (χ0) is 14.8. The Morgan fingerprint density at radius 2 is 2.00 bits per heavy atom. The van der Waals surface area contributed by atoms with Crippen molar-refractivity contribution in [1.82, 2.24) is 19.9 Å². The summed E-state index contributed by atoms with van der Waals surface area (Å²) in [6.07, 6.45) is 0. The van der Waals surface area contributed by atoms with Gasteiger partial charge < -0.3 is 5.84 Å². The fourth-order valence-corrected chi connectivity index (χ4v) is 4.35. The maximum absolute atomic E-state index is 6.02. The highest BCUT2D eigenvalue weighted by Crippen LogP contribution is 2.29. The highest BCUT2D eigenvalue weighted by Gasteiger charge is 2.13. The van der Waals surface area contributed by atoms with Gasteiger partial charge in [-0.1, -0.05) is 49.5 Å². The average Bonchev–Trinajstić information content (AvgIpc) is 3.01. The van der Waals surface area contributed by atoms with Crippen LogP contribution in [-0.4, -0.2) is 25.1 Å². The number of aromatic nitrogens is 4. The first kappa shape index (κ1) is 14.7. The van der Waals surface area contributed by atoms with Gasteiger partial charge in [-0.3, -0.25) is 0 Å². The molecule has 8 heteroatoms. The van der Waals surface area contributed by atoms with E-state index in [1.807, 2.05) is 18.2 Å². The van der Waals surface area contributed by atoms with Crippen LogP contribution in [-0.2, 0) is 5.75 Å². The van der Waals surface area contributed by atoms with E-state index in [4.69, 9.17) is 5.84 Å². The SMILES string of the molecule is CC(C)Sc1nnc(SCc2nc3ccccc3s2)n1N. The Kier molecular flexibility index (Phi) is 4.37. The standard InChI is InChI=1S/C13H15N5S3/c1-8(2)20-13-17-16-12(18(13)14)19-7-11-15-9-5-3-4-6-10(9)21-11/h3-6,8H,7,14H2,1-2H3. The lowest BCUT2D eigenvalue weighted by Gasteiger charge is -2.04. The molecule has 0 aliphatic heterocycles. The van der Waals surface area contributed by atoms with Gasteiger partial charge in [-0.2, -0.15) is 0 Å². The van der Waals surface area contributed by atoms with E-state index >= 15 is 0 Å². The zero-order valence-corrected chi connectivity index (χ0v) is 14.1. The summed E-state index contributed by atoms with van der Waals surface area (Å²) < 4.78 is 2.77. The lowest BCUT2D eigenvalue weighted by atomic mass is 10.3. The Morgan fingerprint density at radius 1 is 1.24 bits per heavy atom. The predicted octanol–water partition coefficient (Wildman–Crippen LogP) is 3.39. The number of nitrogens with two attached hydrogens (primary N) is 1. The van der Waals surface area contributed by atoms with Crippen LogP contribution in [0, 0.1) is 0 Å². The largest absolute Gasteiger partial charge is 0.335 e. The number of para-hydroxylation sites is 1. The molecule has 0 aliphatic rings. The number of hydrogen-bond donors (Lipinski definition) is 1. The quantitative estimate of drug-likeness (QED) is 0.568. The number of benzene rings is 1. The first-order chi connectivity index (χ1) is 10.1. The van der Waals surface area contributed by atoms with E-state index in [0.717, 1.165) is 26.6 Å². The van der Waals surface area contributed by atoms with Crippen molar-refractivity contribution in [3.05, 3.63) is 29.3 Å². The van der Waals surface area contributed by atoms with Crippen molar-refractivity contribution < 1.29 is 0 Å². The molecule has 3 aromatic rings. The predicted molar refractivity (Wildman–Crippen MR) is 90.3 cm³/mol. The fourth-order valence-electron chi connectivity index (χ4n) is 1.76. The lowest BCUT2D eigenvalue weighted by molar-refractivity contribution is 0.779. The molecule has 2 aromatic heterocycles. The molecule has 0 unspecified atom stereocenters. The number of thiazole rings is 1. The van der Waals surface area contributed by atoms with E-state index in [0.29, 0.717) is 5.25 Å². The summed E-state index contributed by atoms with van der Waals surface area (Å²) in [5.74, 6) is 6.77. The first-order valence-corrected chi connectivity index (χ1v) is 9.16. The molecule has 0 spiro atoms. The summed E-state index contributed by atoms with van der Waals surface area (Å²) in [5.41, 5.74) is 1.04. The molecule has 0 amide bonds. The number of nitrogen functional groups attached to an aromatic ring is 1. The minimum atomic E-state index is 0.429. The second-order valence-electron chi connectivity index (χ2n) is 4.67. The summed E-state index contributed by atoms with van der Waals surface area (Å²) in [6, 6.07) is 8.15. The van der Waals surface area contributed by atoms with Crippen LogP contribution in [0.25, 0.3) is 10.2 Å².